The molecule has 0 saturated heterocycles. The van der Waals surface area contributed by atoms with Crippen molar-refractivity contribution in [2.24, 2.45) is 0 Å². The summed E-state index contributed by atoms with van der Waals surface area (Å²) in [5, 5.41) is 3.51. The molecule has 0 aliphatic carbocycles. The van der Waals surface area contributed by atoms with Crippen LogP contribution in [0.3, 0.4) is 0 Å². The molecule has 1 atom stereocenters. The first-order valence-corrected chi connectivity index (χ1v) is 7.33. The van der Waals surface area contributed by atoms with Crippen LogP contribution in [0.25, 0.3) is 0 Å². The van der Waals surface area contributed by atoms with Crippen LogP contribution in [-0.4, -0.2) is 50.3 Å². The molecule has 0 heterocycles. The minimum Gasteiger partial charge on any atom is -0.377 e. The first kappa shape index (κ1) is 16.9. The lowest BCUT2D eigenvalue weighted by molar-refractivity contribution is 0.0549. The third-order valence-corrected chi connectivity index (χ3v) is 3.15. The Bertz CT molecular complexity index is 149. The van der Waals surface area contributed by atoms with Crippen LogP contribution in [0.2, 0.25) is 0 Å². The Morgan fingerprint density at radius 2 is 1.82 bits per heavy atom. The zero-order valence-corrected chi connectivity index (χ0v) is 12.3. The summed E-state index contributed by atoms with van der Waals surface area (Å²) in [7, 11) is 0. The van der Waals surface area contributed by atoms with Crippen molar-refractivity contribution in [2.45, 2.75) is 53.1 Å². The average molecular weight is 244 g/mol. The van der Waals surface area contributed by atoms with Crippen molar-refractivity contribution in [3.8, 4) is 0 Å². The van der Waals surface area contributed by atoms with E-state index >= 15 is 0 Å². The van der Waals surface area contributed by atoms with Crippen molar-refractivity contribution in [2.75, 3.05) is 39.3 Å². The molecule has 3 heteroatoms. The number of hydrogen-bond acceptors (Lipinski definition) is 3. The summed E-state index contributed by atoms with van der Waals surface area (Å²) in [5.41, 5.74) is 0. The molecule has 0 aliphatic heterocycles. The molecule has 0 aromatic carbocycles. The maximum Gasteiger partial charge on any atom is 0.0699 e. The molecule has 3 nitrogen and oxygen atoms in total. The van der Waals surface area contributed by atoms with Crippen molar-refractivity contribution in [3.05, 3.63) is 0 Å². The molecule has 104 valence electrons. The van der Waals surface area contributed by atoms with E-state index < -0.39 is 0 Å². The average Bonchev–Trinajstić information content (AvgIpc) is 2.36. The standard InChI is InChI=1S/C14H32N2O/c1-5-9-10-14(17-8-4)13-15-11-12-16(6-2)7-3/h14-15H,5-13H2,1-4H3. The maximum absolute atomic E-state index is 5.73. The molecule has 0 aliphatic rings. The molecule has 0 fully saturated rings. The third kappa shape index (κ3) is 9.57. The summed E-state index contributed by atoms with van der Waals surface area (Å²) in [5.74, 6) is 0. The number of nitrogens with zero attached hydrogens (tertiary/aromatic N) is 1. The predicted octanol–water partition coefficient (Wildman–Crippen LogP) is 2.51. The van der Waals surface area contributed by atoms with E-state index in [1.165, 1.54) is 19.3 Å². The highest BCUT2D eigenvalue weighted by Crippen LogP contribution is 2.03. The van der Waals surface area contributed by atoms with Crippen LogP contribution in [0.1, 0.15) is 47.0 Å². The van der Waals surface area contributed by atoms with E-state index in [4.69, 9.17) is 4.74 Å². The normalized spacial score (nSPS) is 13.2. The van der Waals surface area contributed by atoms with Gasteiger partial charge in [-0.15, -0.1) is 0 Å². The van der Waals surface area contributed by atoms with Gasteiger partial charge in [0, 0.05) is 26.2 Å². The molecule has 0 spiro atoms. The van der Waals surface area contributed by atoms with E-state index in [1.54, 1.807) is 0 Å². The van der Waals surface area contributed by atoms with Crippen LogP contribution in [0.5, 0.6) is 0 Å². The summed E-state index contributed by atoms with van der Waals surface area (Å²) in [6.07, 6.45) is 4.10. The van der Waals surface area contributed by atoms with E-state index in [1.807, 2.05) is 0 Å². The Hall–Kier alpha value is -0.120. The van der Waals surface area contributed by atoms with Gasteiger partial charge in [-0.1, -0.05) is 33.6 Å². The van der Waals surface area contributed by atoms with E-state index in [2.05, 4.69) is 37.9 Å². The van der Waals surface area contributed by atoms with Gasteiger partial charge in [-0.3, -0.25) is 0 Å². The lowest BCUT2D eigenvalue weighted by Gasteiger charge is -2.20. The van der Waals surface area contributed by atoms with E-state index in [-0.39, 0.29) is 0 Å². The maximum atomic E-state index is 5.73. The number of likely N-dealkylation sites (N-methyl/N-ethyl adjacent to an activating group) is 1. The summed E-state index contributed by atoms with van der Waals surface area (Å²) in [4.78, 5) is 2.44. The number of unbranched alkanes of at least 4 members (excludes halogenated alkanes) is 1. The zero-order chi connectivity index (χ0) is 12.9. The van der Waals surface area contributed by atoms with Crippen molar-refractivity contribution >= 4 is 0 Å². The topological polar surface area (TPSA) is 24.5 Å². The van der Waals surface area contributed by atoms with Crippen LogP contribution >= 0.6 is 0 Å². The van der Waals surface area contributed by atoms with Gasteiger partial charge in [0.1, 0.15) is 0 Å². The third-order valence-electron chi connectivity index (χ3n) is 3.15. The lowest BCUT2D eigenvalue weighted by atomic mass is 10.1. The second-order valence-corrected chi connectivity index (χ2v) is 4.45. The number of hydrogen-bond donors (Lipinski definition) is 1. The van der Waals surface area contributed by atoms with Crippen molar-refractivity contribution in [1.29, 1.82) is 0 Å². The highest BCUT2D eigenvalue weighted by molar-refractivity contribution is 4.63. The number of nitrogens with one attached hydrogen (secondary N) is 1. The minimum atomic E-state index is 0.400. The van der Waals surface area contributed by atoms with Gasteiger partial charge < -0.3 is 15.0 Å². The smallest absolute Gasteiger partial charge is 0.0699 e. The molecular weight excluding hydrogens is 212 g/mol. The first-order chi connectivity index (χ1) is 8.28. The summed E-state index contributed by atoms with van der Waals surface area (Å²) < 4.78 is 5.73. The Labute approximate surface area is 108 Å². The first-order valence-electron chi connectivity index (χ1n) is 7.33. The van der Waals surface area contributed by atoms with Crippen molar-refractivity contribution in [1.82, 2.24) is 10.2 Å². The SMILES string of the molecule is CCCCC(CNCCN(CC)CC)OCC. The van der Waals surface area contributed by atoms with Gasteiger partial charge in [0.25, 0.3) is 0 Å². The molecule has 1 N–H and O–H groups in total. The fourth-order valence-corrected chi connectivity index (χ4v) is 1.95. The van der Waals surface area contributed by atoms with Gasteiger partial charge in [-0.25, -0.2) is 0 Å². The summed E-state index contributed by atoms with van der Waals surface area (Å²) >= 11 is 0. The number of rotatable bonds is 12. The van der Waals surface area contributed by atoms with Crippen LogP contribution in [0, 0.1) is 0 Å². The zero-order valence-electron chi connectivity index (χ0n) is 12.3. The molecule has 0 amide bonds. The molecule has 0 saturated carbocycles. The second kappa shape index (κ2) is 12.3. The summed E-state index contributed by atoms with van der Waals surface area (Å²) in [6, 6.07) is 0. The van der Waals surface area contributed by atoms with Crippen molar-refractivity contribution in [3.63, 3.8) is 0 Å². The van der Waals surface area contributed by atoms with Gasteiger partial charge in [-0.2, -0.15) is 0 Å². The molecule has 0 aromatic heterocycles. The van der Waals surface area contributed by atoms with Gasteiger partial charge in [0.15, 0.2) is 0 Å². The van der Waals surface area contributed by atoms with E-state index in [0.29, 0.717) is 6.10 Å². The van der Waals surface area contributed by atoms with Crippen LogP contribution < -0.4 is 5.32 Å². The largest absolute Gasteiger partial charge is 0.377 e. The molecular formula is C14H32N2O. The Balaban J connectivity index is 3.58. The Morgan fingerprint density at radius 1 is 1.12 bits per heavy atom. The molecule has 0 aromatic rings. The summed E-state index contributed by atoms with van der Waals surface area (Å²) in [6.45, 7) is 15.1. The molecule has 17 heavy (non-hydrogen) atoms. The number of ether oxygens (including phenoxy) is 1. The quantitative estimate of drug-likeness (QED) is 0.534. The van der Waals surface area contributed by atoms with Gasteiger partial charge in [-0.05, 0) is 26.4 Å². The van der Waals surface area contributed by atoms with Crippen molar-refractivity contribution < 1.29 is 4.74 Å². The second-order valence-electron chi connectivity index (χ2n) is 4.45. The predicted molar refractivity (Wildman–Crippen MR) is 75.6 cm³/mol. The van der Waals surface area contributed by atoms with Crippen LogP contribution in [0.15, 0.2) is 0 Å². The highest BCUT2D eigenvalue weighted by atomic mass is 16.5. The van der Waals surface area contributed by atoms with E-state index in [0.717, 1.165) is 39.3 Å². The molecule has 0 bridgehead atoms. The highest BCUT2D eigenvalue weighted by Gasteiger charge is 2.07. The fourth-order valence-electron chi connectivity index (χ4n) is 1.95. The van der Waals surface area contributed by atoms with Gasteiger partial charge in [0.05, 0.1) is 6.10 Å². The van der Waals surface area contributed by atoms with Gasteiger partial charge >= 0.3 is 0 Å². The Kier molecular flexibility index (Phi) is 12.3. The van der Waals surface area contributed by atoms with E-state index in [9.17, 15) is 0 Å². The monoisotopic (exact) mass is 244 g/mol. The molecule has 0 radical (unpaired) electrons. The molecule has 0 rings (SSSR count). The minimum absolute atomic E-state index is 0.400. The van der Waals surface area contributed by atoms with Gasteiger partial charge in [0.2, 0.25) is 0 Å². The van der Waals surface area contributed by atoms with Crippen LogP contribution in [0.4, 0.5) is 0 Å². The Morgan fingerprint density at radius 3 is 2.35 bits per heavy atom. The fraction of sp³-hybridized carbons (Fsp3) is 1.00. The van der Waals surface area contributed by atoms with Crippen LogP contribution in [-0.2, 0) is 4.74 Å². The molecule has 1 unspecified atom stereocenters. The lowest BCUT2D eigenvalue weighted by Crippen LogP contribution is -2.36.